The van der Waals surface area contributed by atoms with E-state index < -0.39 is 0 Å². The van der Waals surface area contributed by atoms with Crippen molar-refractivity contribution in [1.82, 2.24) is 20.3 Å². The molecule has 2 aromatic heterocycles. The number of pyridine rings is 1. The van der Waals surface area contributed by atoms with Crippen LogP contribution < -0.4 is 10.2 Å². The second-order valence-corrected chi connectivity index (χ2v) is 5.46. The molecular weight excluding hydrogens is 278 g/mol. The van der Waals surface area contributed by atoms with E-state index in [-0.39, 0.29) is 11.9 Å². The molecule has 0 fully saturated rings. The van der Waals surface area contributed by atoms with E-state index in [0.717, 1.165) is 5.69 Å². The van der Waals surface area contributed by atoms with Gasteiger partial charge in [0.15, 0.2) is 0 Å². The molecule has 1 N–H and O–H groups in total. The zero-order chi connectivity index (χ0) is 16.1. The summed E-state index contributed by atoms with van der Waals surface area (Å²) < 4.78 is 0. The van der Waals surface area contributed by atoms with Crippen molar-refractivity contribution in [3.63, 3.8) is 0 Å². The van der Waals surface area contributed by atoms with Crippen LogP contribution in [0.3, 0.4) is 0 Å². The molecule has 0 spiro atoms. The Balaban J connectivity index is 2.02. The molecule has 0 saturated heterocycles. The van der Waals surface area contributed by atoms with Crippen LogP contribution in [0.2, 0.25) is 0 Å². The van der Waals surface area contributed by atoms with Crippen molar-refractivity contribution in [3.05, 3.63) is 47.5 Å². The topological polar surface area (TPSA) is 71.0 Å². The van der Waals surface area contributed by atoms with Crippen LogP contribution >= 0.6 is 0 Å². The predicted molar refractivity (Wildman–Crippen MR) is 86.0 cm³/mol. The Morgan fingerprint density at radius 3 is 2.68 bits per heavy atom. The summed E-state index contributed by atoms with van der Waals surface area (Å²) in [5.41, 5.74) is 2.12. The molecule has 22 heavy (non-hydrogen) atoms. The molecular formula is C16H21N5O. The van der Waals surface area contributed by atoms with Crippen molar-refractivity contribution in [2.24, 2.45) is 0 Å². The van der Waals surface area contributed by atoms with E-state index in [0.29, 0.717) is 23.6 Å². The number of carbonyl (C=O) groups excluding carboxylic acids is 1. The van der Waals surface area contributed by atoms with Crippen LogP contribution in [0.15, 0.2) is 30.6 Å². The van der Waals surface area contributed by atoms with Crippen molar-refractivity contribution < 1.29 is 4.79 Å². The molecule has 116 valence electrons. The summed E-state index contributed by atoms with van der Waals surface area (Å²) in [5.74, 6) is 0.432. The molecule has 0 radical (unpaired) electrons. The number of aromatic nitrogens is 3. The molecule has 2 aromatic rings. The van der Waals surface area contributed by atoms with Crippen LogP contribution in [0.5, 0.6) is 0 Å². The number of hydrogen-bond acceptors (Lipinski definition) is 5. The second-order valence-electron chi connectivity index (χ2n) is 5.46. The minimum absolute atomic E-state index is 0.0182. The fraction of sp³-hybridized carbons (Fsp3) is 0.375. The lowest BCUT2D eigenvalue weighted by Gasteiger charge is -2.15. The van der Waals surface area contributed by atoms with Gasteiger partial charge < -0.3 is 10.2 Å². The largest absolute Gasteiger partial charge is 0.349 e. The van der Waals surface area contributed by atoms with Crippen LogP contribution in [0.4, 0.5) is 5.95 Å². The zero-order valence-corrected chi connectivity index (χ0v) is 13.4. The molecule has 6 heteroatoms. The number of nitrogens with one attached hydrogen (secondary N) is 1. The van der Waals surface area contributed by atoms with Gasteiger partial charge in [-0.25, -0.2) is 9.97 Å². The van der Waals surface area contributed by atoms with Gasteiger partial charge in [0.05, 0.1) is 11.3 Å². The molecule has 1 unspecified atom stereocenters. The minimum atomic E-state index is -0.161. The number of hydrogen-bond donors (Lipinski definition) is 1. The van der Waals surface area contributed by atoms with Gasteiger partial charge in [0.25, 0.3) is 5.91 Å². The average Bonchev–Trinajstić information content (AvgIpc) is 2.47. The molecule has 6 nitrogen and oxygen atoms in total. The molecule has 1 atom stereocenters. The number of aryl methyl sites for hydroxylation is 1. The third-order valence-electron chi connectivity index (χ3n) is 3.23. The van der Waals surface area contributed by atoms with Gasteiger partial charge in [0.1, 0.15) is 0 Å². The van der Waals surface area contributed by atoms with E-state index >= 15 is 0 Å². The third kappa shape index (κ3) is 4.00. The van der Waals surface area contributed by atoms with E-state index in [1.165, 1.54) is 0 Å². The second kappa shape index (κ2) is 6.98. The third-order valence-corrected chi connectivity index (χ3v) is 3.23. The minimum Gasteiger partial charge on any atom is -0.349 e. The smallest absolute Gasteiger partial charge is 0.254 e. The van der Waals surface area contributed by atoms with Gasteiger partial charge in [-0.3, -0.25) is 9.78 Å². The fourth-order valence-corrected chi connectivity index (χ4v) is 2.08. The van der Waals surface area contributed by atoms with Crippen LogP contribution in [0.1, 0.15) is 28.7 Å². The lowest BCUT2D eigenvalue weighted by atomic mass is 10.1. The first-order valence-corrected chi connectivity index (χ1v) is 7.19. The summed E-state index contributed by atoms with van der Waals surface area (Å²) in [6.07, 6.45) is 4.00. The summed E-state index contributed by atoms with van der Waals surface area (Å²) in [5, 5.41) is 2.96. The van der Waals surface area contributed by atoms with Gasteiger partial charge in [0.2, 0.25) is 5.95 Å². The number of rotatable bonds is 5. The maximum Gasteiger partial charge on any atom is 0.254 e. The fourth-order valence-electron chi connectivity index (χ4n) is 2.08. The summed E-state index contributed by atoms with van der Waals surface area (Å²) >= 11 is 0. The quantitative estimate of drug-likeness (QED) is 0.908. The Morgan fingerprint density at radius 1 is 1.32 bits per heavy atom. The highest BCUT2D eigenvalue weighted by Gasteiger charge is 2.15. The van der Waals surface area contributed by atoms with E-state index in [1.54, 1.807) is 17.3 Å². The van der Waals surface area contributed by atoms with Crippen molar-refractivity contribution in [2.75, 3.05) is 19.0 Å². The molecule has 2 rings (SSSR count). The number of amides is 1. The first kappa shape index (κ1) is 15.9. The Labute approximate surface area is 130 Å². The van der Waals surface area contributed by atoms with Gasteiger partial charge in [0, 0.05) is 44.6 Å². The Hall–Kier alpha value is -2.50. The normalized spacial score (nSPS) is 11.8. The molecule has 0 aliphatic rings. The Morgan fingerprint density at radius 2 is 2.09 bits per heavy atom. The highest BCUT2D eigenvalue weighted by molar-refractivity contribution is 5.95. The van der Waals surface area contributed by atoms with Gasteiger partial charge in [-0.2, -0.15) is 0 Å². The molecule has 0 bridgehead atoms. The number of carbonyl (C=O) groups is 1. The lowest BCUT2D eigenvalue weighted by Crippen LogP contribution is -2.35. The highest BCUT2D eigenvalue weighted by Crippen LogP contribution is 2.09. The van der Waals surface area contributed by atoms with E-state index in [4.69, 9.17) is 0 Å². The number of anilines is 1. The molecule has 2 heterocycles. The van der Waals surface area contributed by atoms with Crippen molar-refractivity contribution in [2.45, 2.75) is 26.3 Å². The summed E-state index contributed by atoms with van der Waals surface area (Å²) in [4.78, 5) is 26.9. The van der Waals surface area contributed by atoms with Gasteiger partial charge in [-0.1, -0.05) is 6.07 Å². The van der Waals surface area contributed by atoms with Gasteiger partial charge in [-0.05, 0) is 26.0 Å². The Kier molecular flexibility index (Phi) is 5.04. The van der Waals surface area contributed by atoms with Crippen molar-refractivity contribution in [1.29, 1.82) is 0 Å². The van der Waals surface area contributed by atoms with Gasteiger partial charge in [-0.15, -0.1) is 0 Å². The standard InChI is InChI=1S/C16H21N5O/c1-11(9-13-7-5-6-8-17-13)19-15(22)14-10-18-16(21(3)4)20-12(14)2/h5-8,10-11H,9H2,1-4H3,(H,19,22). The van der Waals surface area contributed by atoms with Crippen LogP contribution in [0, 0.1) is 6.92 Å². The SMILES string of the molecule is Cc1nc(N(C)C)ncc1C(=O)NC(C)Cc1ccccn1. The van der Waals surface area contributed by atoms with E-state index in [2.05, 4.69) is 20.3 Å². The van der Waals surface area contributed by atoms with Gasteiger partial charge >= 0.3 is 0 Å². The van der Waals surface area contributed by atoms with E-state index in [9.17, 15) is 4.79 Å². The van der Waals surface area contributed by atoms with Crippen LogP contribution in [0.25, 0.3) is 0 Å². The molecule has 0 aliphatic heterocycles. The first-order valence-electron chi connectivity index (χ1n) is 7.19. The summed E-state index contributed by atoms with van der Waals surface area (Å²) in [6, 6.07) is 5.74. The Bertz CT molecular complexity index is 642. The lowest BCUT2D eigenvalue weighted by molar-refractivity contribution is 0.0938. The van der Waals surface area contributed by atoms with E-state index in [1.807, 2.05) is 46.1 Å². The number of nitrogens with zero attached hydrogens (tertiary/aromatic N) is 4. The monoisotopic (exact) mass is 299 g/mol. The highest BCUT2D eigenvalue weighted by atomic mass is 16.1. The van der Waals surface area contributed by atoms with Crippen molar-refractivity contribution >= 4 is 11.9 Å². The summed E-state index contributed by atoms with van der Waals surface area (Å²) in [6.45, 7) is 3.77. The maximum atomic E-state index is 12.3. The van der Waals surface area contributed by atoms with Crippen LogP contribution in [-0.4, -0.2) is 41.0 Å². The predicted octanol–water partition coefficient (Wildman–Crippen LogP) is 1.61. The molecule has 1 amide bonds. The zero-order valence-electron chi connectivity index (χ0n) is 13.4. The van der Waals surface area contributed by atoms with Crippen molar-refractivity contribution in [3.8, 4) is 0 Å². The summed E-state index contributed by atoms with van der Waals surface area (Å²) in [7, 11) is 3.73. The first-order chi connectivity index (χ1) is 10.5. The average molecular weight is 299 g/mol. The maximum absolute atomic E-state index is 12.3. The molecule has 0 aliphatic carbocycles. The van der Waals surface area contributed by atoms with Crippen LogP contribution in [-0.2, 0) is 6.42 Å². The molecule has 0 saturated carbocycles. The molecule has 0 aromatic carbocycles.